The molecule has 1 saturated heterocycles. The number of nitrogens with zero attached hydrogens (tertiary/aromatic N) is 1. The lowest BCUT2D eigenvalue weighted by molar-refractivity contribution is -0.0559. The van der Waals surface area contributed by atoms with Crippen LogP contribution in [0.25, 0.3) is 0 Å². The summed E-state index contributed by atoms with van der Waals surface area (Å²) in [6.45, 7) is 3.09. The molecule has 0 N–H and O–H groups in total. The maximum Gasteiger partial charge on any atom is 0.258 e. The Bertz CT molecular complexity index is 409. The molecule has 0 aliphatic carbocycles. The van der Waals surface area contributed by atoms with Gasteiger partial charge in [0.05, 0.1) is 24.0 Å². The molecule has 1 amide bonds. The number of ether oxygens (including phenoxy) is 1. The summed E-state index contributed by atoms with van der Waals surface area (Å²) in [6.07, 6.45) is 1.47. The van der Waals surface area contributed by atoms with Gasteiger partial charge >= 0.3 is 0 Å². The smallest absolute Gasteiger partial charge is 0.258 e. The van der Waals surface area contributed by atoms with Crippen molar-refractivity contribution in [1.82, 2.24) is 4.90 Å². The van der Waals surface area contributed by atoms with Crippen LogP contribution in [0.15, 0.2) is 16.7 Å². The van der Waals surface area contributed by atoms with E-state index in [1.165, 1.54) is 6.26 Å². The third-order valence-electron chi connectivity index (χ3n) is 2.63. The lowest BCUT2D eigenvalue weighted by Crippen LogP contribution is -2.49. The Labute approximate surface area is 113 Å². The lowest BCUT2D eigenvalue weighted by Gasteiger charge is -2.36. The Morgan fingerprint density at radius 3 is 3.00 bits per heavy atom. The monoisotopic (exact) mass is 321 g/mol. The molecular formula is C11H13BrClNO3. The number of amides is 1. The zero-order chi connectivity index (χ0) is 12.4. The van der Waals surface area contributed by atoms with Crippen LogP contribution in [0.5, 0.6) is 0 Å². The summed E-state index contributed by atoms with van der Waals surface area (Å²) in [7, 11) is 0. The number of halogens is 2. The zero-order valence-corrected chi connectivity index (χ0v) is 11.7. The highest BCUT2D eigenvalue weighted by Gasteiger charge is 2.29. The minimum Gasteiger partial charge on any atom is -0.452 e. The number of hydrogen-bond donors (Lipinski definition) is 0. The molecule has 94 valence electrons. The van der Waals surface area contributed by atoms with Crippen molar-refractivity contribution in [2.24, 2.45) is 0 Å². The number of carbonyl (C=O) groups excluding carboxylic acids is 1. The molecule has 2 atom stereocenters. The molecule has 0 radical (unpaired) electrons. The fourth-order valence-corrected chi connectivity index (χ4v) is 2.47. The average Bonchev–Trinajstić information content (AvgIpc) is 2.73. The van der Waals surface area contributed by atoms with Crippen molar-refractivity contribution in [3.8, 4) is 0 Å². The van der Waals surface area contributed by atoms with Crippen molar-refractivity contribution >= 4 is 33.4 Å². The van der Waals surface area contributed by atoms with Crippen molar-refractivity contribution < 1.29 is 13.9 Å². The van der Waals surface area contributed by atoms with Gasteiger partial charge in [-0.15, -0.1) is 0 Å². The van der Waals surface area contributed by atoms with E-state index in [0.717, 1.165) is 0 Å². The maximum absolute atomic E-state index is 12.2. The first-order chi connectivity index (χ1) is 8.11. The summed E-state index contributed by atoms with van der Waals surface area (Å²) in [5, 5.41) is 0.852. The molecule has 0 bridgehead atoms. The molecule has 2 rings (SSSR count). The first-order valence-corrected chi connectivity index (χ1v) is 6.85. The van der Waals surface area contributed by atoms with E-state index in [4.69, 9.17) is 20.8 Å². The summed E-state index contributed by atoms with van der Waals surface area (Å²) >= 11 is 9.18. The fourth-order valence-electron chi connectivity index (χ4n) is 1.91. The minimum absolute atomic E-state index is 0.0216. The van der Waals surface area contributed by atoms with Gasteiger partial charge < -0.3 is 14.1 Å². The van der Waals surface area contributed by atoms with Gasteiger partial charge in [0.1, 0.15) is 0 Å². The van der Waals surface area contributed by atoms with Gasteiger partial charge in [-0.1, -0.05) is 15.9 Å². The molecule has 1 fully saturated rings. The van der Waals surface area contributed by atoms with Crippen LogP contribution in [0.1, 0.15) is 17.3 Å². The van der Waals surface area contributed by atoms with Crippen LogP contribution in [0.4, 0.5) is 0 Å². The molecule has 6 heteroatoms. The first-order valence-electron chi connectivity index (χ1n) is 5.35. The number of hydrogen-bond acceptors (Lipinski definition) is 3. The SMILES string of the molecule is CC1CN(C(=O)c2ccoc2Cl)CC(CBr)O1. The predicted octanol–water partition coefficient (Wildman–Crippen LogP) is 2.56. The van der Waals surface area contributed by atoms with Gasteiger partial charge in [-0.2, -0.15) is 0 Å². The minimum atomic E-state index is -0.107. The molecule has 0 saturated carbocycles. The zero-order valence-electron chi connectivity index (χ0n) is 9.36. The molecule has 1 aliphatic rings. The molecule has 0 aromatic carbocycles. The molecule has 2 unspecified atom stereocenters. The quantitative estimate of drug-likeness (QED) is 0.786. The molecule has 17 heavy (non-hydrogen) atoms. The van der Waals surface area contributed by atoms with Crippen LogP contribution in [0.2, 0.25) is 5.22 Å². The summed E-state index contributed by atoms with van der Waals surface area (Å²) in [5.74, 6) is -0.107. The standard InChI is InChI=1S/C11H13BrClNO3/c1-7-5-14(6-8(4-12)17-7)11(15)9-2-3-16-10(9)13/h2-3,7-8H,4-6H2,1H3. The van der Waals surface area contributed by atoms with Gasteiger partial charge in [0.25, 0.3) is 5.91 Å². The fraction of sp³-hybridized carbons (Fsp3) is 0.545. The summed E-state index contributed by atoms with van der Waals surface area (Å²) < 4.78 is 10.6. The second-order valence-corrected chi connectivity index (χ2v) is 5.03. The average molecular weight is 323 g/mol. The van der Waals surface area contributed by atoms with Crippen LogP contribution in [-0.4, -0.2) is 41.4 Å². The largest absolute Gasteiger partial charge is 0.452 e. The van der Waals surface area contributed by atoms with Crippen molar-refractivity contribution in [3.63, 3.8) is 0 Å². The number of alkyl halides is 1. The highest BCUT2D eigenvalue weighted by Crippen LogP contribution is 2.21. The van der Waals surface area contributed by atoms with E-state index in [0.29, 0.717) is 24.0 Å². The Morgan fingerprint density at radius 1 is 1.65 bits per heavy atom. The first kappa shape index (κ1) is 12.9. The maximum atomic E-state index is 12.2. The van der Waals surface area contributed by atoms with Crippen LogP contribution < -0.4 is 0 Å². The van der Waals surface area contributed by atoms with Crippen molar-refractivity contribution in [1.29, 1.82) is 0 Å². The van der Waals surface area contributed by atoms with E-state index in [9.17, 15) is 4.79 Å². The van der Waals surface area contributed by atoms with Gasteiger partial charge in [-0.05, 0) is 24.6 Å². The predicted molar refractivity (Wildman–Crippen MR) is 67.8 cm³/mol. The van der Waals surface area contributed by atoms with E-state index in [1.807, 2.05) is 6.92 Å². The molecule has 1 aromatic heterocycles. The molecule has 1 aromatic rings. The third-order valence-corrected chi connectivity index (χ3v) is 3.65. The van der Waals surface area contributed by atoms with Gasteiger partial charge in [-0.25, -0.2) is 0 Å². The van der Waals surface area contributed by atoms with Gasteiger partial charge in [0, 0.05) is 18.4 Å². The van der Waals surface area contributed by atoms with Crippen LogP contribution in [0, 0.1) is 0 Å². The molecular weight excluding hydrogens is 309 g/mol. The summed E-state index contributed by atoms with van der Waals surface area (Å²) in [6, 6.07) is 1.59. The van der Waals surface area contributed by atoms with Crippen LogP contribution in [-0.2, 0) is 4.74 Å². The number of morpholine rings is 1. The van der Waals surface area contributed by atoms with Crippen LogP contribution in [0.3, 0.4) is 0 Å². The molecule has 1 aliphatic heterocycles. The number of furan rings is 1. The van der Waals surface area contributed by atoms with Crippen molar-refractivity contribution in [2.45, 2.75) is 19.1 Å². The van der Waals surface area contributed by atoms with Crippen molar-refractivity contribution in [2.75, 3.05) is 18.4 Å². The Balaban J connectivity index is 2.11. The lowest BCUT2D eigenvalue weighted by atomic mass is 10.2. The highest BCUT2D eigenvalue weighted by atomic mass is 79.9. The van der Waals surface area contributed by atoms with Gasteiger partial charge in [0.15, 0.2) is 0 Å². The van der Waals surface area contributed by atoms with E-state index in [1.54, 1.807) is 11.0 Å². The van der Waals surface area contributed by atoms with E-state index < -0.39 is 0 Å². The van der Waals surface area contributed by atoms with Crippen LogP contribution >= 0.6 is 27.5 Å². The van der Waals surface area contributed by atoms with Gasteiger partial charge in [-0.3, -0.25) is 4.79 Å². The van der Waals surface area contributed by atoms with Gasteiger partial charge in [0.2, 0.25) is 5.22 Å². The Kier molecular flexibility index (Phi) is 4.12. The summed E-state index contributed by atoms with van der Waals surface area (Å²) in [4.78, 5) is 13.9. The van der Waals surface area contributed by atoms with Crippen molar-refractivity contribution in [3.05, 3.63) is 23.1 Å². The highest BCUT2D eigenvalue weighted by molar-refractivity contribution is 9.09. The second kappa shape index (κ2) is 5.42. The number of carbonyl (C=O) groups is 1. The Hall–Kier alpha value is -0.520. The summed E-state index contributed by atoms with van der Waals surface area (Å²) in [5.41, 5.74) is 0.411. The topological polar surface area (TPSA) is 42.7 Å². The number of rotatable bonds is 2. The molecule has 4 nitrogen and oxygen atoms in total. The molecule has 0 spiro atoms. The van der Waals surface area contributed by atoms with E-state index in [-0.39, 0.29) is 23.3 Å². The normalized spacial score (nSPS) is 25.0. The second-order valence-electron chi connectivity index (χ2n) is 4.04. The Morgan fingerprint density at radius 2 is 2.41 bits per heavy atom. The third kappa shape index (κ3) is 2.84. The van der Waals surface area contributed by atoms with E-state index >= 15 is 0 Å². The van der Waals surface area contributed by atoms with E-state index in [2.05, 4.69) is 15.9 Å². The molecule has 2 heterocycles.